The van der Waals surface area contributed by atoms with Gasteiger partial charge in [0.1, 0.15) is 5.75 Å². The minimum Gasteiger partial charge on any atom is -0.508 e. The number of benzene rings is 1. The topological polar surface area (TPSA) is 49.3 Å². The van der Waals surface area contributed by atoms with Gasteiger partial charge in [-0.2, -0.15) is 0 Å². The van der Waals surface area contributed by atoms with E-state index >= 15 is 0 Å². The molecule has 0 aromatic heterocycles. The Hall–Kier alpha value is -1.35. The van der Waals surface area contributed by atoms with E-state index in [9.17, 15) is 4.79 Å². The Bertz CT molecular complexity index is 306. The Morgan fingerprint density at radius 2 is 2.00 bits per heavy atom. The lowest BCUT2D eigenvalue weighted by atomic mass is 10.1. The average molecular weight is 193 g/mol. The van der Waals surface area contributed by atoms with Gasteiger partial charge in [-0.15, -0.1) is 0 Å². The Morgan fingerprint density at radius 1 is 1.43 bits per heavy atom. The van der Waals surface area contributed by atoms with Crippen LogP contribution in [0, 0.1) is 0 Å². The minimum atomic E-state index is -0.176. The lowest BCUT2D eigenvalue weighted by Gasteiger charge is -2.10. The van der Waals surface area contributed by atoms with Crippen LogP contribution in [0.4, 0.5) is 0 Å². The number of nitrogens with one attached hydrogen (secondary N) is 1. The molecule has 1 aromatic rings. The van der Waals surface area contributed by atoms with Crippen LogP contribution in [0.15, 0.2) is 24.3 Å². The van der Waals surface area contributed by atoms with E-state index in [0.29, 0.717) is 5.56 Å². The molecule has 0 aliphatic rings. The molecule has 0 saturated carbocycles. The third-order valence-corrected chi connectivity index (χ3v) is 2.06. The van der Waals surface area contributed by atoms with E-state index in [1.54, 1.807) is 12.1 Å². The molecule has 0 radical (unpaired) electrons. The molecule has 14 heavy (non-hydrogen) atoms. The highest BCUT2D eigenvalue weighted by atomic mass is 16.3. The number of rotatable bonds is 4. The molecule has 1 unspecified atom stereocenters. The second kappa shape index (κ2) is 4.77. The standard InChI is InChI=1S/C11H15NO2/c1-3-12-8(2)11(14)9-4-6-10(13)7-5-9/h4-8,12-13H,3H2,1-2H3. The van der Waals surface area contributed by atoms with E-state index in [0.717, 1.165) is 6.54 Å². The van der Waals surface area contributed by atoms with Gasteiger partial charge in [0, 0.05) is 5.56 Å². The van der Waals surface area contributed by atoms with Gasteiger partial charge in [-0.1, -0.05) is 6.92 Å². The number of ketones is 1. The Morgan fingerprint density at radius 3 is 2.50 bits per heavy atom. The first-order chi connectivity index (χ1) is 6.65. The molecule has 1 aromatic carbocycles. The van der Waals surface area contributed by atoms with Crippen LogP contribution in [0.5, 0.6) is 5.75 Å². The van der Waals surface area contributed by atoms with E-state index in [-0.39, 0.29) is 17.6 Å². The van der Waals surface area contributed by atoms with Crippen LogP contribution in [0.2, 0.25) is 0 Å². The SMILES string of the molecule is CCNC(C)C(=O)c1ccc(O)cc1. The molecular formula is C11H15NO2. The largest absolute Gasteiger partial charge is 0.508 e. The van der Waals surface area contributed by atoms with Gasteiger partial charge >= 0.3 is 0 Å². The first-order valence-electron chi connectivity index (χ1n) is 4.71. The predicted octanol–water partition coefficient (Wildman–Crippen LogP) is 1.57. The van der Waals surface area contributed by atoms with Crippen molar-refractivity contribution in [2.45, 2.75) is 19.9 Å². The van der Waals surface area contributed by atoms with Gasteiger partial charge in [-0.3, -0.25) is 4.79 Å². The fourth-order valence-corrected chi connectivity index (χ4v) is 1.27. The van der Waals surface area contributed by atoms with Crippen molar-refractivity contribution in [2.24, 2.45) is 0 Å². The van der Waals surface area contributed by atoms with E-state index in [1.165, 1.54) is 12.1 Å². The number of phenols is 1. The average Bonchev–Trinajstić information content (AvgIpc) is 2.18. The molecule has 1 atom stereocenters. The van der Waals surface area contributed by atoms with Crippen molar-refractivity contribution >= 4 is 5.78 Å². The van der Waals surface area contributed by atoms with E-state index < -0.39 is 0 Å². The third kappa shape index (κ3) is 2.57. The maximum absolute atomic E-state index is 11.7. The Kier molecular flexibility index (Phi) is 3.65. The first kappa shape index (κ1) is 10.7. The maximum atomic E-state index is 11.7. The molecular weight excluding hydrogens is 178 g/mol. The van der Waals surface area contributed by atoms with Gasteiger partial charge in [-0.25, -0.2) is 0 Å². The molecule has 3 heteroatoms. The fourth-order valence-electron chi connectivity index (χ4n) is 1.27. The molecule has 0 fully saturated rings. The van der Waals surface area contributed by atoms with Crippen molar-refractivity contribution in [1.29, 1.82) is 0 Å². The number of likely N-dealkylation sites (N-methyl/N-ethyl adjacent to an activating group) is 1. The number of phenolic OH excluding ortho intramolecular Hbond substituents is 1. The van der Waals surface area contributed by atoms with Crippen LogP contribution in [-0.4, -0.2) is 23.5 Å². The lowest BCUT2D eigenvalue weighted by molar-refractivity contribution is 0.0952. The van der Waals surface area contributed by atoms with Crippen molar-refractivity contribution in [2.75, 3.05) is 6.54 Å². The molecule has 0 aliphatic carbocycles. The smallest absolute Gasteiger partial charge is 0.179 e. The van der Waals surface area contributed by atoms with Crippen LogP contribution in [0.25, 0.3) is 0 Å². The summed E-state index contributed by atoms with van der Waals surface area (Å²) in [6.07, 6.45) is 0. The molecule has 2 N–H and O–H groups in total. The number of aromatic hydroxyl groups is 1. The van der Waals surface area contributed by atoms with Crippen LogP contribution < -0.4 is 5.32 Å². The molecule has 0 aliphatic heterocycles. The molecule has 1 rings (SSSR count). The number of hydrogen-bond donors (Lipinski definition) is 2. The van der Waals surface area contributed by atoms with E-state index in [1.807, 2.05) is 13.8 Å². The highest BCUT2D eigenvalue weighted by Gasteiger charge is 2.13. The summed E-state index contributed by atoms with van der Waals surface area (Å²) in [4.78, 5) is 11.7. The molecule has 0 heterocycles. The second-order valence-electron chi connectivity index (χ2n) is 3.19. The molecule has 0 amide bonds. The summed E-state index contributed by atoms with van der Waals surface area (Å²) in [5.41, 5.74) is 0.622. The highest BCUT2D eigenvalue weighted by molar-refractivity contribution is 5.99. The van der Waals surface area contributed by atoms with Crippen molar-refractivity contribution in [1.82, 2.24) is 5.32 Å². The van der Waals surface area contributed by atoms with Gasteiger partial charge < -0.3 is 10.4 Å². The zero-order valence-electron chi connectivity index (χ0n) is 8.45. The monoisotopic (exact) mass is 193 g/mol. The normalized spacial score (nSPS) is 12.4. The highest BCUT2D eigenvalue weighted by Crippen LogP contribution is 2.11. The second-order valence-corrected chi connectivity index (χ2v) is 3.19. The fraction of sp³-hybridized carbons (Fsp3) is 0.364. The van der Waals surface area contributed by atoms with Crippen LogP contribution in [0.1, 0.15) is 24.2 Å². The molecule has 0 bridgehead atoms. The van der Waals surface area contributed by atoms with E-state index in [2.05, 4.69) is 5.32 Å². The molecule has 0 saturated heterocycles. The van der Waals surface area contributed by atoms with Crippen molar-refractivity contribution in [3.63, 3.8) is 0 Å². The van der Waals surface area contributed by atoms with Gasteiger partial charge in [-0.05, 0) is 37.7 Å². The Balaban J connectivity index is 2.74. The van der Waals surface area contributed by atoms with Crippen LogP contribution >= 0.6 is 0 Å². The minimum absolute atomic E-state index is 0.0480. The molecule has 0 spiro atoms. The molecule has 76 valence electrons. The van der Waals surface area contributed by atoms with Gasteiger partial charge in [0.25, 0.3) is 0 Å². The van der Waals surface area contributed by atoms with Gasteiger partial charge in [0.05, 0.1) is 6.04 Å². The zero-order chi connectivity index (χ0) is 10.6. The maximum Gasteiger partial charge on any atom is 0.179 e. The van der Waals surface area contributed by atoms with Gasteiger partial charge in [0.15, 0.2) is 5.78 Å². The summed E-state index contributed by atoms with van der Waals surface area (Å²) in [6, 6.07) is 6.12. The summed E-state index contributed by atoms with van der Waals surface area (Å²) in [5.74, 6) is 0.226. The lowest BCUT2D eigenvalue weighted by Crippen LogP contribution is -2.33. The van der Waals surface area contributed by atoms with Crippen molar-refractivity contribution < 1.29 is 9.90 Å². The number of carbonyl (C=O) groups is 1. The third-order valence-electron chi connectivity index (χ3n) is 2.06. The Labute approximate surface area is 83.8 Å². The summed E-state index contributed by atoms with van der Waals surface area (Å²) >= 11 is 0. The number of hydrogen-bond acceptors (Lipinski definition) is 3. The van der Waals surface area contributed by atoms with Crippen molar-refractivity contribution in [3.05, 3.63) is 29.8 Å². The zero-order valence-corrected chi connectivity index (χ0v) is 8.45. The van der Waals surface area contributed by atoms with Gasteiger partial charge in [0.2, 0.25) is 0 Å². The van der Waals surface area contributed by atoms with Crippen LogP contribution in [-0.2, 0) is 0 Å². The summed E-state index contributed by atoms with van der Waals surface area (Å²) in [5, 5.41) is 12.1. The molecule has 3 nitrogen and oxygen atoms in total. The quantitative estimate of drug-likeness (QED) is 0.714. The number of Topliss-reactive ketones (excluding diaryl/α,β-unsaturated/α-hetero) is 1. The first-order valence-corrected chi connectivity index (χ1v) is 4.71. The summed E-state index contributed by atoms with van der Waals surface area (Å²) in [7, 11) is 0. The van der Waals surface area contributed by atoms with E-state index in [4.69, 9.17) is 5.11 Å². The number of carbonyl (C=O) groups excluding carboxylic acids is 1. The van der Waals surface area contributed by atoms with Crippen LogP contribution in [0.3, 0.4) is 0 Å². The van der Waals surface area contributed by atoms with Crippen molar-refractivity contribution in [3.8, 4) is 5.75 Å². The summed E-state index contributed by atoms with van der Waals surface area (Å²) < 4.78 is 0. The summed E-state index contributed by atoms with van der Waals surface area (Å²) in [6.45, 7) is 4.56. The predicted molar refractivity (Wildman–Crippen MR) is 55.6 cm³/mol.